The van der Waals surface area contributed by atoms with Crippen molar-refractivity contribution >= 4 is 5.84 Å². The van der Waals surface area contributed by atoms with E-state index >= 15 is 0 Å². The summed E-state index contributed by atoms with van der Waals surface area (Å²) in [6, 6.07) is 0.296. The SMILES string of the molecule is CC1CCC2N=C(N)C(O)(CC3CCCCC3)C2C1. The number of rotatable bonds is 2. The number of aliphatic imine (C=N–C) groups is 1. The van der Waals surface area contributed by atoms with E-state index in [-0.39, 0.29) is 5.92 Å². The molecule has 0 radical (unpaired) electrons. The minimum absolute atomic E-state index is 0.290. The van der Waals surface area contributed by atoms with E-state index in [0.29, 0.717) is 23.7 Å². The van der Waals surface area contributed by atoms with Gasteiger partial charge in [0, 0.05) is 5.92 Å². The van der Waals surface area contributed by atoms with Gasteiger partial charge in [-0.05, 0) is 37.5 Å². The van der Waals surface area contributed by atoms with Gasteiger partial charge >= 0.3 is 0 Å². The molecule has 0 aromatic heterocycles. The molecular formula is C16H28N2O. The van der Waals surface area contributed by atoms with Crippen LogP contribution in [0.25, 0.3) is 0 Å². The maximum Gasteiger partial charge on any atom is 0.127 e. The average molecular weight is 264 g/mol. The molecule has 3 heteroatoms. The number of nitrogens with two attached hydrogens (primary N) is 1. The topological polar surface area (TPSA) is 58.6 Å². The number of fused-ring (bicyclic) bond motifs is 1. The first-order valence-corrected chi connectivity index (χ1v) is 8.15. The smallest absolute Gasteiger partial charge is 0.127 e. The summed E-state index contributed by atoms with van der Waals surface area (Å²) in [5.74, 6) is 2.20. The van der Waals surface area contributed by atoms with Crippen LogP contribution in [-0.4, -0.2) is 22.6 Å². The molecule has 108 valence electrons. The molecule has 0 spiro atoms. The predicted octanol–water partition coefficient (Wildman–Crippen LogP) is 2.86. The Balaban J connectivity index is 1.74. The number of hydrogen-bond acceptors (Lipinski definition) is 3. The third-order valence-corrected chi connectivity index (χ3v) is 5.76. The Morgan fingerprint density at radius 1 is 1.21 bits per heavy atom. The second kappa shape index (κ2) is 5.08. The van der Waals surface area contributed by atoms with Gasteiger partial charge in [0.05, 0.1) is 6.04 Å². The van der Waals surface area contributed by atoms with E-state index in [1.54, 1.807) is 0 Å². The molecule has 1 aliphatic heterocycles. The minimum Gasteiger partial charge on any atom is -0.385 e. The predicted molar refractivity (Wildman–Crippen MR) is 78.1 cm³/mol. The summed E-state index contributed by atoms with van der Waals surface area (Å²) in [7, 11) is 0. The van der Waals surface area contributed by atoms with Gasteiger partial charge in [-0.25, -0.2) is 0 Å². The second-order valence-corrected chi connectivity index (χ2v) is 7.24. The molecule has 1 heterocycles. The second-order valence-electron chi connectivity index (χ2n) is 7.24. The third-order valence-electron chi connectivity index (χ3n) is 5.76. The molecule has 0 bridgehead atoms. The molecule has 0 amide bonds. The van der Waals surface area contributed by atoms with Gasteiger partial charge in [-0.3, -0.25) is 4.99 Å². The molecule has 2 saturated carbocycles. The lowest BCUT2D eigenvalue weighted by molar-refractivity contribution is -0.000151. The molecule has 2 aliphatic carbocycles. The fraction of sp³-hybridized carbons (Fsp3) is 0.938. The van der Waals surface area contributed by atoms with Crippen molar-refractivity contribution in [2.75, 3.05) is 0 Å². The number of nitrogens with zero attached hydrogens (tertiary/aromatic N) is 1. The molecule has 3 aliphatic rings. The van der Waals surface area contributed by atoms with Gasteiger partial charge in [0.2, 0.25) is 0 Å². The maximum absolute atomic E-state index is 11.2. The highest BCUT2D eigenvalue weighted by Gasteiger charge is 2.52. The molecule has 4 atom stereocenters. The van der Waals surface area contributed by atoms with Crippen LogP contribution in [0.15, 0.2) is 4.99 Å². The molecule has 0 aromatic rings. The van der Waals surface area contributed by atoms with Crippen LogP contribution in [-0.2, 0) is 0 Å². The minimum atomic E-state index is -0.790. The lowest BCUT2D eigenvalue weighted by Gasteiger charge is -2.39. The quantitative estimate of drug-likeness (QED) is 0.805. The summed E-state index contributed by atoms with van der Waals surface area (Å²) in [6.45, 7) is 2.30. The highest BCUT2D eigenvalue weighted by Crippen LogP contribution is 2.46. The van der Waals surface area contributed by atoms with Crippen LogP contribution < -0.4 is 5.73 Å². The molecule has 0 saturated heterocycles. The molecule has 4 unspecified atom stereocenters. The molecule has 3 nitrogen and oxygen atoms in total. The van der Waals surface area contributed by atoms with E-state index in [1.165, 1.54) is 38.5 Å². The van der Waals surface area contributed by atoms with Gasteiger partial charge in [-0.1, -0.05) is 39.0 Å². The van der Waals surface area contributed by atoms with Gasteiger partial charge in [-0.15, -0.1) is 0 Å². The summed E-state index contributed by atoms with van der Waals surface area (Å²) >= 11 is 0. The number of hydrogen-bond donors (Lipinski definition) is 2. The van der Waals surface area contributed by atoms with Crippen LogP contribution in [0.2, 0.25) is 0 Å². The van der Waals surface area contributed by atoms with Gasteiger partial charge in [0.15, 0.2) is 0 Å². The normalized spacial score (nSPS) is 43.9. The third kappa shape index (κ3) is 2.42. The Morgan fingerprint density at radius 2 is 1.95 bits per heavy atom. The zero-order valence-electron chi connectivity index (χ0n) is 12.1. The largest absolute Gasteiger partial charge is 0.385 e. The molecule has 0 aromatic carbocycles. The summed E-state index contributed by atoms with van der Waals surface area (Å²) in [6.07, 6.45) is 10.8. The van der Waals surface area contributed by atoms with Crippen LogP contribution in [0.3, 0.4) is 0 Å². The molecule has 2 fully saturated rings. The van der Waals surface area contributed by atoms with Crippen LogP contribution in [0, 0.1) is 17.8 Å². The lowest BCUT2D eigenvalue weighted by atomic mass is 9.68. The maximum atomic E-state index is 11.2. The molecule has 19 heavy (non-hydrogen) atoms. The number of amidine groups is 1. The van der Waals surface area contributed by atoms with Crippen molar-refractivity contribution in [2.24, 2.45) is 28.5 Å². The van der Waals surface area contributed by atoms with Gasteiger partial charge in [-0.2, -0.15) is 0 Å². The Kier molecular flexibility index (Phi) is 3.59. The first-order chi connectivity index (χ1) is 9.09. The van der Waals surface area contributed by atoms with Gasteiger partial charge in [0.25, 0.3) is 0 Å². The van der Waals surface area contributed by atoms with E-state index in [4.69, 9.17) is 5.73 Å². The van der Waals surface area contributed by atoms with Crippen molar-refractivity contribution in [3.05, 3.63) is 0 Å². The molecule has 3 N–H and O–H groups in total. The summed E-state index contributed by atoms with van der Waals surface area (Å²) in [5, 5.41) is 11.2. The molecule has 3 rings (SSSR count). The van der Waals surface area contributed by atoms with Crippen molar-refractivity contribution in [3.8, 4) is 0 Å². The van der Waals surface area contributed by atoms with Crippen molar-refractivity contribution in [1.29, 1.82) is 0 Å². The van der Waals surface area contributed by atoms with Crippen molar-refractivity contribution < 1.29 is 5.11 Å². The van der Waals surface area contributed by atoms with Gasteiger partial charge < -0.3 is 10.8 Å². The van der Waals surface area contributed by atoms with E-state index < -0.39 is 5.60 Å². The van der Waals surface area contributed by atoms with Crippen molar-refractivity contribution in [3.63, 3.8) is 0 Å². The zero-order valence-corrected chi connectivity index (χ0v) is 12.1. The zero-order chi connectivity index (χ0) is 13.5. The first-order valence-electron chi connectivity index (χ1n) is 8.15. The standard InChI is InChI=1S/C16H28N2O/c1-11-7-8-14-13(9-11)16(19,15(17)18-14)10-12-5-3-2-4-6-12/h11-14,19H,2-10H2,1H3,(H2,17,18). The highest BCUT2D eigenvalue weighted by atomic mass is 16.3. The lowest BCUT2D eigenvalue weighted by Crippen LogP contribution is -2.50. The van der Waals surface area contributed by atoms with Gasteiger partial charge in [0.1, 0.15) is 11.4 Å². The first kappa shape index (κ1) is 13.4. The Morgan fingerprint density at radius 3 is 2.68 bits per heavy atom. The highest BCUT2D eigenvalue weighted by molar-refractivity contribution is 5.91. The molecular weight excluding hydrogens is 236 g/mol. The fourth-order valence-corrected chi connectivity index (χ4v) is 4.60. The Bertz CT molecular complexity index is 362. The van der Waals surface area contributed by atoms with Crippen LogP contribution in [0.4, 0.5) is 0 Å². The van der Waals surface area contributed by atoms with E-state index in [2.05, 4.69) is 11.9 Å². The fourth-order valence-electron chi connectivity index (χ4n) is 4.60. The van der Waals surface area contributed by atoms with Crippen molar-refractivity contribution in [2.45, 2.75) is 76.4 Å². The van der Waals surface area contributed by atoms with E-state index in [0.717, 1.165) is 19.3 Å². The summed E-state index contributed by atoms with van der Waals surface area (Å²) in [5.41, 5.74) is 5.35. The number of aliphatic hydroxyl groups is 1. The van der Waals surface area contributed by atoms with Crippen LogP contribution in [0.5, 0.6) is 0 Å². The van der Waals surface area contributed by atoms with E-state index in [9.17, 15) is 5.11 Å². The summed E-state index contributed by atoms with van der Waals surface area (Å²) < 4.78 is 0. The summed E-state index contributed by atoms with van der Waals surface area (Å²) in [4.78, 5) is 4.61. The Hall–Kier alpha value is -0.570. The Labute approximate surface area is 116 Å². The monoisotopic (exact) mass is 264 g/mol. The van der Waals surface area contributed by atoms with Crippen molar-refractivity contribution in [1.82, 2.24) is 0 Å². The van der Waals surface area contributed by atoms with Crippen LogP contribution in [0.1, 0.15) is 64.7 Å². The van der Waals surface area contributed by atoms with E-state index in [1.807, 2.05) is 0 Å². The average Bonchev–Trinajstić information content (AvgIpc) is 2.64. The van der Waals surface area contributed by atoms with Crippen LogP contribution >= 0.6 is 0 Å².